The first-order valence-electron chi connectivity index (χ1n) is 6.80. The Morgan fingerprint density at radius 1 is 0.952 bits per heavy atom. The Bertz CT molecular complexity index is 632. The van der Waals surface area contributed by atoms with Gasteiger partial charge in [-0.05, 0) is 38.9 Å². The van der Waals surface area contributed by atoms with Crippen LogP contribution < -0.4 is 5.32 Å². The fourth-order valence-corrected chi connectivity index (χ4v) is 2.60. The van der Waals surface area contributed by atoms with Crippen LogP contribution in [0.15, 0.2) is 30.3 Å². The maximum absolute atomic E-state index is 13.9. The zero-order chi connectivity index (χ0) is 15.6. The van der Waals surface area contributed by atoms with Gasteiger partial charge in [-0.25, -0.2) is 13.2 Å². The van der Waals surface area contributed by atoms with Crippen molar-refractivity contribution in [3.8, 4) is 0 Å². The van der Waals surface area contributed by atoms with E-state index in [2.05, 4.69) is 11.4 Å². The zero-order valence-corrected chi connectivity index (χ0v) is 12.3. The number of aryl methyl sites for hydroxylation is 2. The molecule has 0 aliphatic rings. The molecule has 4 heteroatoms. The van der Waals surface area contributed by atoms with Gasteiger partial charge in [0, 0.05) is 11.6 Å². The van der Waals surface area contributed by atoms with Gasteiger partial charge in [0.1, 0.15) is 0 Å². The van der Waals surface area contributed by atoms with Gasteiger partial charge in [-0.15, -0.1) is 0 Å². The highest BCUT2D eigenvalue weighted by molar-refractivity contribution is 5.31. The van der Waals surface area contributed by atoms with E-state index < -0.39 is 23.5 Å². The fraction of sp³-hybridized carbons (Fsp3) is 0.294. The minimum Gasteiger partial charge on any atom is -0.313 e. The first-order chi connectivity index (χ1) is 9.92. The number of benzene rings is 2. The molecule has 0 aromatic heterocycles. The lowest BCUT2D eigenvalue weighted by molar-refractivity contribution is 0.428. The van der Waals surface area contributed by atoms with Crippen LogP contribution in [-0.2, 0) is 6.42 Å². The first kappa shape index (κ1) is 15.6. The van der Waals surface area contributed by atoms with Crippen molar-refractivity contribution < 1.29 is 13.2 Å². The molecule has 0 radical (unpaired) electrons. The van der Waals surface area contributed by atoms with Crippen LogP contribution in [0.5, 0.6) is 0 Å². The van der Waals surface area contributed by atoms with Crippen molar-refractivity contribution in [1.29, 1.82) is 0 Å². The molecule has 21 heavy (non-hydrogen) atoms. The van der Waals surface area contributed by atoms with Crippen LogP contribution in [-0.4, -0.2) is 7.05 Å². The second-order valence-corrected chi connectivity index (χ2v) is 5.31. The first-order valence-corrected chi connectivity index (χ1v) is 6.80. The summed E-state index contributed by atoms with van der Waals surface area (Å²) in [6, 6.07) is 7.90. The molecule has 1 N–H and O–H groups in total. The van der Waals surface area contributed by atoms with E-state index in [4.69, 9.17) is 0 Å². The number of halogens is 3. The second-order valence-electron chi connectivity index (χ2n) is 5.31. The van der Waals surface area contributed by atoms with E-state index in [1.54, 1.807) is 7.05 Å². The highest BCUT2D eigenvalue weighted by Gasteiger charge is 2.20. The second kappa shape index (κ2) is 6.31. The average molecular weight is 293 g/mol. The molecule has 2 aromatic carbocycles. The van der Waals surface area contributed by atoms with E-state index in [9.17, 15) is 13.2 Å². The highest BCUT2D eigenvalue weighted by Crippen LogP contribution is 2.25. The van der Waals surface area contributed by atoms with Crippen molar-refractivity contribution in [2.24, 2.45) is 0 Å². The monoisotopic (exact) mass is 293 g/mol. The molecule has 0 saturated carbocycles. The summed E-state index contributed by atoms with van der Waals surface area (Å²) >= 11 is 0. The van der Waals surface area contributed by atoms with Crippen LogP contribution in [0.25, 0.3) is 0 Å². The Hall–Kier alpha value is -1.81. The molecule has 0 saturated heterocycles. The summed E-state index contributed by atoms with van der Waals surface area (Å²) < 4.78 is 40.3. The normalized spacial score (nSPS) is 12.5. The number of rotatable bonds is 4. The molecule has 2 aromatic rings. The van der Waals surface area contributed by atoms with Crippen molar-refractivity contribution >= 4 is 0 Å². The third-order valence-corrected chi connectivity index (χ3v) is 3.51. The van der Waals surface area contributed by atoms with Crippen molar-refractivity contribution in [1.82, 2.24) is 5.32 Å². The molecule has 0 aliphatic heterocycles. The lowest BCUT2D eigenvalue weighted by atomic mass is 9.96. The van der Waals surface area contributed by atoms with Crippen LogP contribution in [0.4, 0.5) is 13.2 Å². The predicted molar refractivity (Wildman–Crippen MR) is 77.7 cm³/mol. The van der Waals surface area contributed by atoms with Gasteiger partial charge in [0.15, 0.2) is 17.5 Å². The van der Waals surface area contributed by atoms with Crippen molar-refractivity contribution in [2.75, 3.05) is 7.05 Å². The third kappa shape index (κ3) is 3.45. The van der Waals surface area contributed by atoms with Crippen molar-refractivity contribution in [3.05, 3.63) is 70.0 Å². The molecule has 0 amide bonds. The Balaban J connectivity index is 2.34. The third-order valence-electron chi connectivity index (χ3n) is 3.51. The molecule has 0 fully saturated rings. The molecular formula is C17H18F3N. The van der Waals surface area contributed by atoms with Crippen LogP contribution in [0.2, 0.25) is 0 Å². The summed E-state index contributed by atoms with van der Waals surface area (Å²) in [6.45, 7) is 3.98. The van der Waals surface area contributed by atoms with E-state index in [0.29, 0.717) is 6.42 Å². The van der Waals surface area contributed by atoms with Gasteiger partial charge in [-0.3, -0.25) is 0 Å². The molecule has 0 spiro atoms. The maximum Gasteiger partial charge on any atom is 0.194 e. The fourth-order valence-electron chi connectivity index (χ4n) is 2.60. The number of nitrogens with one attached hydrogen (secondary N) is 1. The quantitative estimate of drug-likeness (QED) is 0.832. The smallest absolute Gasteiger partial charge is 0.194 e. The topological polar surface area (TPSA) is 12.0 Å². The van der Waals surface area contributed by atoms with Gasteiger partial charge in [-0.1, -0.05) is 35.4 Å². The van der Waals surface area contributed by atoms with E-state index in [0.717, 1.165) is 22.8 Å². The minimum atomic E-state index is -1.42. The standard InChI is InChI=1S/C17H18F3N/c1-10-6-11(2)8-12(7-10)9-15(21-3)13-4-5-14(18)17(20)16(13)19/h4-8,15,21H,9H2,1-3H3. The summed E-state index contributed by atoms with van der Waals surface area (Å²) in [4.78, 5) is 0. The number of likely N-dealkylation sites (N-methyl/N-ethyl adjacent to an activating group) is 1. The Kier molecular flexibility index (Phi) is 4.68. The lowest BCUT2D eigenvalue weighted by Crippen LogP contribution is -2.21. The Morgan fingerprint density at radius 3 is 2.14 bits per heavy atom. The largest absolute Gasteiger partial charge is 0.313 e. The van der Waals surface area contributed by atoms with E-state index >= 15 is 0 Å². The minimum absolute atomic E-state index is 0.135. The number of hydrogen-bond donors (Lipinski definition) is 1. The molecule has 1 unspecified atom stereocenters. The molecule has 2 rings (SSSR count). The summed E-state index contributed by atoms with van der Waals surface area (Å²) in [5.41, 5.74) is 3.39. The van der Waals surface area contributed by atoms with Crippen molar-refractivity contribution in [3.63, 3.8) is 0 Å². The maximum atomic E-state index is 13.9. The van der Waals surface area contributed by atoms with Gasteiger partial charge in [0.25, 0.3) is 0 Å². The van der Waals surface area contributed by atoms with Gasteiger partial charge >= 0.3 is 0 Å². The molecule has 1 atom stereocenters. The summed E-state index contributed by atoms with van der Waals surface area (Å²) in [6.07, 6.45) is 0.501. The SMILES string of the molecule is CNC(Cc1cc(C)cc(C)c1)c1ccc(F)c(F)c1F. The molecular weight excluding hydrogens is 275 g/mol. The predicted octanol–water partition coefficient (Wildman–Crippen LogP) is 4.22. The molecule has 0 aliphatic carbocycles. The zero-order valence-electron chi connectivity index (χ0n) is 12.3. The summed E-state index contributed by atoms with van der Waals surface area (Å²) in [5, 5.41) is 2.96. The number of hydrogen-bond acceptors (Lipinski definition) is 1. The van der Waals surface area contributed by atoms with Gasteiger partial charge in [0.2, 0.25) is 0 Å². The van der Waals surface area contributed by atoms with Gasteiger partial charge < -0.3 is 5.32 Å². The van der Waals surface area contributed by atoms with Crippen LogP contribution in [0.3, 0.4) is 0 Å². The van der Waals surface area contributed by atoms with E-state index in [1.165, 1.54) is 6.07 Å². The van der Waals surface area contributed by atoms with E-state index in [-0.39, 0.29) is 5.56 Å². The Labute approximate surface area is 122 Å². The highest BCUT2D eigenvalue weighted by atomic mass is 19.2. The Morgan fingerprint density at radius 2 is 1.57 bits per heavy atom. The van der Waals surface area contributed by atoms with Crippen LogP contribution >= 0.6 is 0 Å². The molecule has 1 nitrogen and oxygen atoms in total. The average Bonchev–Trinajstić information content (AvgIpc) is 2.42. The van der Waals surface area contributed by atoms with Crippen LogP contribution in [0, 0.1) is 31.3 Å². The summed E-state index contributed by atoms with van der Waals surface area (Å²) in [7, 11) is 1.67. The molecule has 112 valence electrons. The molecule has 0 bridgehead atoms. The van der Waals surface area contributed by atoms with Gasteiger partial charge in [0.05, 0.1) is 0 Å². The van der Waals surface area contributed by atoms with Gasteiger partial charge in [-0.2, -0.15) is 0 Å². The molecule has 0 heterocycles. The van der Waals surface area contributed by atoms with E-state index in [1.807, 2.05) is 26.0 Å². The van der Waals surface area contributed by atoms with Crippen molar-refractivity contribution in [2.45, 2.75) is 26.3 Å². The summed E-state index contributed by atoms with van der Waals surface area (Å²) in [5.74, 6) is -3.72. The van der Waals surface area contributed by atoms with Crippen LogP contribution in [0.1, 0.15) is 28.3 Å². The lowest BCUT2D eigenvalue weighted by Gasteiger charge is -2.18.